The maximum atomic E-state index is 12.5. The molecule has 6 nitrogen and oxygen atoms in total. The quantitative estimate of drug-likeness (QED) is 0.781. The number of rotatable bonds is 5. The predicted molar refractivity (Wildman–Crippen MR) is 82.5 cm³/mol. The van der Waals surface area contributed by atoms with Crippen LogP contribution in [0.15, 0.2) is 0 Å². The number of carbonyl (C=O) groups is 2. The highest BCUT2D eigenvalue weighted by molar-refractivity contribution is 5.89. The molecule has 21 heavy (non-hydrogen) atoms. The van der Waals surface area contributed by atoms with Crippen molar-refractivity contribution in [1.29, 1.82) is 0 Å². The van der Waals surface area contributed by atoms with Gasteiger partial charge in [0.05, 0.1) is 12.5 Å². The number of halogens is 1. The van der Waals surface area contributed by atoms with Gasteiger partial charge in [0.1, 0.15) is 0 Å². The Labute approximate surface area is 132 Å². The molecule has 1 N–H and O–H groups in total. The number of hydrogen-bond donors (Lipinski definition) is 1. The van der Waals surface area contributed by atoms with Gasteiger partial charge in [0.15, 0.2) is 0 Å². The molecule has 0 aromatic carbocycles. The van der Waals surface area contributed by atoms with Crippen LogP contribution in [0.4, 0.5) is 0 Å². The Morgan fingerprint density at radius 1 is 1.38 bits per heavy atom. The Hall–Kier alpha value is -0.850. The lowest BCUT2D eigenvalue weighted by Crippen LogP contribution is -2.46. The maximum Gasteiger partial charge on any atom is 0.227 e. The minimum Gasteiger partial charge on any atom is -0.383 e. The number of ether oxygens (including phenoxy) is 1. The normalized spacial score (nSPS) is 23.3. The second kappa shape index (κ2) is 8.56. The first-order chi connectivity index (χ1) is 9.65. The SMILES string of the molecule is CNC1CCN(C(=O)C2CC(=O)N(CCOC)C2)CC1.Cl. The van der Waals surface area contributed by atoms with E-state index in [1.807, 2.05) is 11.9 Å². The van der Waals surface area contributed by atoms with Crippen LogP contribution in [-0.4, -0.2) is 74.6 Å². The Bertz CT molecular complexity index is 359. The molecule has 1 atom stereocenters. The molecule has 2 heterocycles. The van der Waals surface area contributed by atoms with Crippen molar-refractivity contribution in [2.45, 2.75) is 25.3 Å². The summed E-state index contributed by atoms with van der Waals surface area (Å²) in [6.07, 6.45) is 2.35. The fraction of sp³-hybridized carbons (Fsp3) is 0.857. The lowest BCUT2D eigenvalue weighted by atomic mass is 10.0. The van der Waals surface area contributed by atoms with Gasteiger partial charge >= 0.3 is 0 Å². The number of nitrogens with one attached hydrogen (secondary N) is 1. The van der Waals surface area contributed by atoms with Crippen LogP contribution in [0.25, 0.3) is 0 Å². The topological polar surface area (TPSA) is 61.9 Å². The van der Waals surface area contributed by atoms with Gasteiger partial charge in [-0.3, -0.25) is 9.59 Å². The van der Waals surface area contributed by atoms with Gasteiger partial charge in [-0.2, -0.15) is 0 Å². The molecule has 0 aromatic rings. The molecule has 7 heteroatoms. The first-order valence-electron chi connectivity index (χ1n) is 7.38. The summed E-state index contributed by atoms with van der Waals surface area (Å²) in [5.41, 5.74) is 0. The molecule has 0 spiro atoms. The lowest BCUT2D eigenvalue weighted by molar-refractivity contribution is -0.136. The summed E-state index contributed by atoms with van der Waals surface area (Å²) < 4.78 is 4.99. The summed E-state index contributed by atoms with van der Waals surface area (Å²) in [6, 6.07) is 0.516. The van der Waals surface area contributed by atoms with Gasteiger partial charge in [-0.1, -0.05) is 0 Å². The zero-order valence-electron chi connectivity index (χ0n) is 12.8. The third kappa shape index (κ3) is 4.56. The van der Waals surface area contributed by atoms with Crippen molar-refractivity contribution in [3.63, 3.8) is 0 Å². The summed E-state index contributed by atoms with van der Waals surface area (Å²) in [5.74, 6) is 0.0591. The van der Waals surface area contributed by atoms with Crippen LogP contribution in [-0.2, 0) is 14.3 Å². The average Bonchev–Trinajstić information content (AvgIpc) is 2.85. The van der Waals surface area contributed by atoms with Gasteiger partial charge in [-0.15, -0.1) is 12.4 Å². The monoisotopic (exact) mass is 319 g/mol. The molecule has 0 aliphatic carbocycles. The third-order valence-corrected chi connectivity index (χ3v) is 4.34. The molecular weight excluding hydrogens is 294 g/mol. The lowest BCUT2D eigenvalue weighted by Gasteiger charge is -2.33. The second-order valence-electron chi connectivity index (χ2n) is 5.62. The van der Waals surface area contributed by atoms with Crippen LogP contribution >= 0.6 is 12.4 Å². The highest BCUT2D eigenvalue weighted by atomic mass is 35.5. The maximum absolute atomic E-state index is 12.5. The van der Waals surface area contributed by atoms with Gasteiger partial charge in [-0.05, 0) is 19.9 Å². The smallest absolute Gasteiger partial charge is 0.227 e. The summed E-state index contributed by atoms with van der Waals surface area (Å²) in [7, 11) is 3.58. The summed E-state index contributed by atoms with van der Waals surface area (Å²) in [5, 5.41) is 3.26. The van der Waals surface area contributed by atoms with Crippen LogP contribution in [0.1, 0.15) is 19.3 Å². The van der Waals surface area contributed by atoms with Crippen molar-refractivity contribution in [2.24, 2.45) is 5.92 Å². The molecule has 2 rings (SSSR count). The van der Waals surface area contributed by atoms with Crippen LogP contribution in [0.2, 0.25) is 0 Å². The van der Waals surface area contributed by atoms with Crippen molar-refractivity contribution < 1.29 is 14.3 Å². The molecule has 2 saturated heterocycles. The third-order valence-electron chi connectivity index (χ3n) is 4.34. The van der Waals surface area contributed by atoms with E-state index >= 15 is 0 Å². The van der Waals surface area contributed by atoms with Crippen LogP contribution in [0, 0.1) is 5.92 Å². The zero-order chi connectivity index (χ0) is 14.5. The first-order valence-corrected chi connectivity index (χ1v) is 7.38. The number of piperidine rings is 1. The Balaban J connectivity index is 0.00000220. The van der Waals surface area contributed by atoms with E-state index < -0.39 is 0 Å². The van der Waals surface area contributed by atoms with E-state index in [2.05, 4.69) is 5.32 Å². The Morgan fingerprint density at radius 2 is 2.05 bits per heavy atom. The highest BCUT2D eigenvalue weighted by Gasteiger charge is 2.37. The van der Waals surface area contributed by atoms with Crippen molar-refractivity contribution in [2.75, 3.05) is 46.9 Å². The van der Waals surface area contributed by atoms with E-state index in [1.165, 1.54) is 0 Å². The van der Waals surface area contributed by atoms with Crippen molar-refractivity contribution in [3.8, 4) is 0 Å². The molecule has 2 amide bonds. The predicted octanol–water partition coefficient (Wildman–Crippen LogP) is 0.114. The highest BCUT2D eigenvalue weighted by Crippen LogP contribution is 2.22. The van der Waals surface area contributed by atoms with Crippen LogP contribution in [0.3, 0.4) is 0 Å². The van der Waals surface area contributed by atoms with Gasteiger partial charge < -0.3 is 19.9 Å². The second-order valence-corrected chi connectivity index (χ2v) is 5.62. The molecule has 0 radical (unpaired) electrons. The van der Waals surface area contributed by atoms with Gasteiger partial charge in [0, 0.05) is 45.8 Å². The number of carbonyl (C=O) groups excluding carboxylic acids is 2. The van der Waals surface area contributed by atoms with Crippen molar-refractivity contribution in [3.05, 3.63) is 0 Å². The molecule has 0 bridgehead atoms. The van der Waals surface area contributed by atoms with E-state index in [4.69, 9.17) is 4.74 Å². The average molecular weight is 320 g/mol. The Morgan fingerprint density at radius 3 is 2.62 bits per heavy atom. The number of nitrogens with zero attached hydrogens (tertiary/aromatic N) is 2. The summed E-state index contributed by atoms with van der Waals surface area (Å²) in [6.45, 7) is 3.26. The van der Waals surface area contributed by atoms with Gasteiger partial charge in [0.2, 0.25) is 11.8 Å². The van der Waals surface area contributed by atoms with Crippen molar-refractivity contribution >= 4 is 24.2 Å². The molecule has 0 saturated carbocycles. The zero-order valence-corrected chi connectivity index (χ0v) is 13.7. The summed E-state index contributed by atoms with van der Waals surface area (Å²) >= 11 is 0. The fourth-order valence-corrected chi connectivity index (χ4v) is 3.00. The standard InChI is InChI=1S/C14H25N3O3.ClH/c1-15-12-3-5-16(6-4-12)14(19)11-9-13(18)17(10-11)7-8-20-2;/h11-12,15H,3-10H2,1-2H3;1H. The van der Waals surface area contributed by atoms with E-state index in [1.54, 1.807) is 12.0 Å². The number of methoxy groups -OCH3 is 1. The van der Waals surface area contributed by atoms with E-state index in [0.717, 1.165) is 25.9 Å². The fourth-order valence-electron chi connectivity index (χ4n) is 3.00. The van der Waals surface area contributed by atoms with E-state index in [0.29, 0.717) is 32.2 Å². The molecule has 0 aromatic heterocycles. The van der Waals surface area contributed by atoms with Crippen LogP contribution in [0.5, 0.6) is 0 Å². The molecule has 2 aliphatic heterocycles. The molecule has 2 fully saturated rings. The van der Waals surface area contributed by atoms with E-state index in [9.17, 15) is 9.59 Å². The number of hydrogen-bond acceptors (Lipinski definition) is 4. The largest absolute Gasteiger partial charge is 0.383 e. The molecular formula is C14H26ClN3O3. The summed E-state index contributed by atoms with van der Waals surface area (Å²) in [4.78, 5) is 28.0. The molecule has 1 unspecified atom stereocenters. The van der Waals surface area contributed by atoms with Crippen molar-refractivity contribution in [1.82, 2.24) is 15.1 Å². The number of amides is 2. The molecule has 2 aliphatic rings. The van der Waals surface area contributed by atoms with Gasteiger partial charge in [-0.25, -0.2) is 0 Å². The van der Waals surface area contributed by atoms with Crippen LogP contribution < -0.4 is 5.32 Å². The minimum absolute atomic E-state index is 0. The Kier molecular flexibility index (Phi) is 7.42. The van der Waals surface area contributed by atoms with Gasteiger partial charge in [0.25, 0.3) is 0 Å². The molecule has 122 valence electrons. The number of likely N-dealkylation sites (tertiary alicyclic amines) is 2. The van der Waals surface area contributed by atoms with E-state index in [-0.39, 0.29) is 30.1 Å². The minimum atomic E-state index is -0.162. The first kappa shape index (κ1) is 18.2.